The number of ether oxygens (including phenoxy) is 1. The van der Waals surface area contributed by atoms with Crippen LogP contribution in [0.3, 0.4) is 0 Å². The van der Waals surface area contributed by atoms with Gasteiger partial charge in [-0.15, -0.1) is 0 Å². The van der Waals surface area contributed by atoms with Crippen LogP contribution in [0.1, 0.15) is 33.1 Å². The van der Waals surface area contributed by atoms with E-state index in [0.29, 0.717) is 36.3 Å². The summed E-state index contributed by atoms with van der Waals surface area (Å²) in [6.07, 6.45) is 2.81. The highest BCUT2D eigenvalue weighted by Gasteiger charge is 2.22. The average Bonchev–Trinajstić information content (AvgIpc) is 2.51. The van der Waals surface area contributed by atoms with Crippen LogP contribution in [0.4, 0.5) is 10.1 Å². The Morgan fingerprint density at radius 2 is 2.36 bits per heavy atom. The molecule has 4 nitrogen and oxygen atoms in total. The topological polar surface area (TPSA) is 50.4 Å². The molecule has 5 heteroatoms. The molecule has 1 amide bonds. The molecule has 0 aromatic heterocycles. The first-order chi connectivity index (χ1) is 10.6. The Kier molecular flexibility index (Phi) is 6.19. The summed E-state index contributed by atoms with van der Waals surface area (Å²) in [5.41, 5.74) is 0.530. The third-order valence-corrected chi connectivity index (χ3v) is 4.16. The fraction of sp³-hybridized carbons (Fsp3) is 0.588. The molecular formula is C17H25FN2O2. The van der Waals surface area contributed by atoms with E-state index in [9.17, 15) is 9.18 Å². The van der Waals surface area contributed by atoms with E-state index in [1.54, 1.807) is 6.07 Å². The number of benzene rings is 1. The van der Waals surface area contributed by atoms with E-state index in [0.717, 1.165) is 13.1 Å². The summed E-state index contributed by atoms with van der Waals surface area (Å²) in [5, 5.41) is 6.22. The van der Waals surface area contributed by atoms with Gasteiger partial charge in [0.2, 0.25) is 5.91 Å². The van der Waals surface area contributed by atoms with Gasteiger partial charge in [-0.1, -0.05) is 6.92 Å². The van der Waals surface area contributed by atoms with Crippen LogP contribution in [0.15, 0.2) is 18.2 Å². The van der Waals surface area contributed by atoms with Crippen molar-refractivity contribution in [3.05, 3.63) is 24.0 Å². The summed E-state index contributed by atoms with van der Waals surface area (Å²) in [7, 11) is 0. The third kappa shape index (κ3) is 4.70. The van der Waals surface area contributed by atoms with E-state index >= 15 is 0 Å². The number of halogens is 1. The first-order valence-electron chi connectivity index (χ1n) is 8.03. The van der Waals surface area contributed by atoms with E-state index in [2.05, 4.69) is 17.6 Å². The normalized spacial score (nSPS) is 19.5. The number of rotatable bonds is 6. The Labute approximate surface area is 131 Å². The molecule has 22 heavy (non-hydrogen) atoms. The maximum atomic E-state index is 13.3. The van der Waals surface area contributed by atoms with E-state index in [1.807, 2.05) is 6.92 Å². The van der Waals surface area contributed by atoms with Crippen LogP contribution < -0.4 is 15.4 Å². The average molecular weight is 308 g/mol. The zero-order valence-corrected chi connectivity index (χ0v) is 13.3. The van der Waals surface area contributed by atoms with Gasteiger partial charge in [-0.2, -0.15) is 0 Å². The van der Waals surface area contributed by atoms with Crippen molar-refractivity contribution in [3.63, 3.8) is 0 Å². The molecule has 2 N–H and O–H groups in total. The van der Waals surface area contributed by atoms with Crippen LogP contribution in [-0.2, 0) is 4.79 Å². The molecule has 1 saturated heterocycles. The molecule has 0 aliphatic carbocycles. The number of hydrogen-bond donors (Lipinski definition) is 2. The quantitative estimate of drug-likeness (QED) is 0.848. The number of carbonyl (C=O) groups excluding carboxylic acids is 1. The van der Waals surface area contributed by atoms with Crippen LogP contribution >= 0.6 is 0 Å². The Bertz CT molecular complexity index is 501. The van der Waals surface area contributed by atoms with Crippen molar-refractivity contribution in [2.24, 2.45) is 11.8 Å². The Morgan fingerprint density at radius 3 is 3.05 bits per heavy atom. The van der Waals surface area contributed by atoms with Gasteiger partial charge < -0.3 is 15.4 Å². The van der Waals surface area contributed by atoms with E-state index in [-0.39, 0.29) is 11.7 Å². The summed E-state index contributed by atoms with van der Waals surface area (Å²) in [6.45, 7) is 6.42. The lowest BCUT2D eigenvalue weighted by Crippen LogP contribution is -2.34. The number of piperidine rings is 1. The summed E-state index contributed by atoms with van der Waals surface area (Å²) in [6, 6.07) is 4.17. The van der Waals surface area contributed by atoms with Gasteiger partial charge in [0.25, 0.3) is 0 Å². The second-order valence-electron chi connectivity index (χ2n) is 5.91. The first kappa shape index (κ1) is 16.7. The van der Waals surface area contributed by atoms with Crippen LogP contribution in [0.25, 0.3) is 0 Å². The standard InChI is InChI=1S/C17H25FN2O2/c1-3-22-16-10-14(18)6-7-15(16)20-17(21)9-12(2)13-5-4-8-19-11-13/h6-7,10,12-13,19H,3-5,8-9,11H2,1-2H3,(H,20,21). The molecule has 0 bridgehead atoms. The SMILES string of the molecule is CCOc1cc(F)ccc1NC(=O)CC(C)C1CCCNC1. The zero-order chi connectivity index (χ0) is 15.9. The van der Waals surface area contributed by atoms with Crippen molar-refractivity contribution < 1.29 is 13.9 Å². The molecule has 1 aromatic rings. The molecule has 1 heterocycles. The predicted octanol–water partition coefficient (Wildman–Crippen LogP) is 3.19. The summed E-state index contributed by atoms with van der Waals surface area (Å²) < 4.78 is 18.6. The Hall–Kier alpha value is -1.62. The number of carbonyl (C=O) groups is 1. The van der Waals surface area contributed by atoms with Crippen LogP contribution in [0, 0.1) is 17.7 Å². The molecule has 1 aliphatic heterocycles. The fourth-order valence-electron chi connectivity index (χ4n) is 2.90. The monoisotopic (exact) mass is 308 g/mol. The van der Waals surface area contributed by atoms with Gasteiger partial charge in [0.1, 0.15) is 11.6 Å². The molecule has 2 atom stereocenters. The Balaban J connectivity index is 1.93. The highest BCUT2D eigenvalue weighted by Crippen LogP contribution is 2.27. The minimum Gasteiger partial charge on any atom is -0.492 e. The molecule has 0 saturated carbocycles. The van der Waals surface area contributed by atoms with E-state index in [4.69, 9.17) is 4.74 Å². The largest absolute Gasteiger partial charge is 0.492 e. The zero-order valence-electron chi connectivity index (χ0n) is 13.3. The second kappa shape index (κ2) is 8.13. The maximum absolute atomic E-state index is 13.3. The van der Waals surface area contributed by atoms with Crippen LogP contribution in [-0.4, -0.2) is 25.6 Å². The predicted molar refractivity (Wildman–Crippen MR) is 85.6 cm³/mol. The molecule has 1 aromatic carbocycles. The molecule has 0 radical (unpaired) electrons. The van der Waals surface area contributed by atoms with Crippen molar-refractivity contribution in [3.8, 4) is 5.75 Å². The fourth-order valence-corrected chi connectivity index (χ4v) is 2.90. The smallest absolute Gasteiger partial charge is 0.224 e. The van der Waals surface area contributed by atoms with Gasteiger partial charge in [0, 0.05) is 12.5 Å². The first-order valence-corrected chi connectivity index (χ1v) is 8.03. The summed E-state index contributed by atoms with van der Waals surface area (Å²) in [4.78, 5) is 12.2. The molecular weight excluding hydrogens is 283 g/mol. The highest BCUT2D eigenvalue weighted by molar-refractivity contribution is 5.92. The lowest BCUT2D eigenvalue weighted by Gasteiger charge is -2.28. The van der Waals surface area contributed by atoms with Crippen LogP contribution in [0.2, 0.25) is 0 Å². The van der Waals surface area contributed by atoms with E-state index in [1.165, 1.54) is 25.0 Å². The molecule has 122 valence electrons. The van der Waals surface area contributed by atoms with Gasteiger partial charge in [0.05, 0.1) is 12.3 Å². The number of hydrogen-bond acceptors (Lipinski definition) is 3. The molecule has 0 spiro atoms. The summed E-state index contributed by atoms with van der Waals surface area (Å²) >= 11 is 0. The summed E-state index contributed by atoms with van der Waals surface area (Å²) in [5.74, 6) is 0.819. The molecule has 1 aliphatic rings. The molecule has 1 fully saturated rings. The van der Waals surface area contributed by atoms with Gasteiger partial charge >= 0.3 is 0 Å². The molecule has 2 unspecified atom stereocenters. The third-order valence-electron chi connectivity index (χ3n) is 4.16. The van der Waals surface area contributed by atoms with Gasteiger partial charge in [0.15, 0.2) is 0 Å². The van der Waals surface area contributed by atoms with E-state index < -0.39 is 0 Å². The van der Waals surface area contributed by atoms with Crippen molar-refractivity contribution in [1.82, 2.24) is 5.32 Å². The van der Waals surface area contributed by atoms with Gasteiger partial charge in [-0.3, -0.25) is 4.79 Å². The Morgan fingerprint density at radius 1 is 1.55 bits per heavy atom. The lowest BCUT2D eigenvalue weighted by atomic mass is 9.85. The van der Waals surface area contributed by atoms with Gasteiger partial charge in [-0.25, -0.2) is 4.39 Å². The maximum Gasteiger partial charge on any atom is 0.224 e. The van der Waals surface area contributed by atoms with Crippen molar-refractivity contribution in [1.29, 1.82) is 0 Å². The number of amides is 1. The van der Waals surface area contributed by atoms with Crippen LogP contribution in [0.5, 0.6) is 5.75 Å². The minimum atomic E-state index is -0.372. The highest BCUT2D eigenvalue weighted by atomic mass is 19.1. The lowest BCUT2D eigenvalue weighted by molar-refractivity contribution is -0.117. The second-order valence-corrected chi connectivity index (χ2v) is 5.91. The van der Waals surface area contributed by atoms with Crippen molar-refractivity contribution >= 4 is 11.6 Å². The minimum absolute atomic E-state index is 0.0503. The number of nitrogens with one attached hydrogen (secondary N) is 2. The van der Waals surface area contributed by atoms with Gasteiger partial charge in [-0.05, 0) is 56.8 Å². The molecule has 2 rings (SSSR count). The van der Waals surface area contributed by atoms with Crippen molar-refractivity contribution in [2.45, 2.75) is 33.1 Å². The van der Waals surface area contributed by atoms with Crippen molar-refractivity contribution in [2.75, 3.05) is 25.0 Å². The number of anilines is 1.